The summed E-state index contributed by atoms with van der Waals surface area (Å²) in [5, 5.41) is 12.7. The van der Waals surface area contributed by atoms with Crippen LogP contribution in [0, 0.1) is 10.1 Å². The summed E-state index contributed by atoms with van der Waals surface area (Å²) in [6, 6.07) is 22.2. The number of para-hydroxylation sites is 1. The van der Waals surface area contributed by atoms with Gasteiger partial charge >= 0.3 is 5.69 Å². The van der Waals surface area contributed by atoms with Crippen molar-refractivity contribution < 1.29 is 19.2 Å². The second kappa shape index (κ2) is 8.50. The Bertz CT molecular complexity index is 1180. The Labute approximate surface area is 177 Å². The molecule has 2 amide bonds. The zero-order valence-corrected chi connectivity index (χ0v) is 16.2. The number of hydrazine groups is 1. The van der Waals surface area contributed by atoms with Crippen molar-refractivity contribution in [3.63, 3.8) is 0 Å². The third kappa shape index (κ3) is 4.27. The molecule has 0 aromatic heterocycles. The summed E-state index contributed by atoms with van der Waals surface area (Å²) in [7, 11) is 0. The molecule has 3 aromatic carbocycles. The van der Waals surface area contributed by atoms with Gasteiger partial charge in [-0.3, -0.25) is 25.1 Å². The zero-order valence-electron chi connectivity index (χ0n) is 16.2. The summed E-state index contributed by atoms with van der Waals surface area (Å²) in [5.41, 5.74) is 3.85. The quantitative estimate of drug-likeness (QED) is 0.287. The Morgan fingerprint density at radius 1 is 0.968 bits per heavy atom. The number of amides is 2. The van der Waals surface area contributed by atoms with Crippen LogP contribution in [0.4, 0.5) is 11.4 Å². The number of nitrogens with zero attached hydrogens (tertiary/aromatic N) is 2. The zero-order chi connectivity index (χ0) is 21.8. The number of hydrogen-bond acceptors (Lipinski definition) is 5. The maximum absolute atomic E-state index is 12.7. The highest BCUT2D eigenvalue weighted by Crippen LogP contribution is 2.30. The van der Waals surface area contributed by atoms with Crippen LogP contribution in [-0.2, 0) is 16.2 Å². The van der Waals surface area contributed by atoms with Gasteiger partial charge in [-0.05, 0) is 35.4 Å². The largest absolute Gasteiger partial charge is 0.482 e. The lowest BCUT2D eigenvalue weighted by atomic mass is 10.1. The molecular weight excluding hydrogens is 398 g/mol. The van der Waals surface area contributed by atoms with Crippen LogP contribution in [0.25, 0.3) is 6.08 Å². The predicted octanol–water partition coefficient (Wildman–Crippen LogP) is 3.64. The predicted molar refractivity (Wildman–Crippen MR) is 114 cm³/mol. The molecule has 1 saturated heterocycles. The van der Waals surface area contributed by atoms with E-state index < -0.39 is 16.7 Å². The minimum atomic E-state index is -0.582. The number of carbonyl (C=O) groups is 2. The first kappa shape index (κ1) is 19.8. The fourth-order valence-electron chi connectivity index (χ4n) is 3.11. The Morgan fingerprint density at radius 2 is 1.65 bits per heavy atom. The van der Waals surface area contributed by atoms with E-state index in [1.807, 2.05) is 30.3 Å². The van der Waals surface area contributed by atoms with Crippen molar-refractivity contribution in [2.24, 2.45) is 0 Å². The Balaban J connectivity index is 1.59. The molecule has 0 atom stereocenters. The number of nitrogens with one attached hydrogen (secondary N) is 1. The van der Waals surface area contributed by atoms with Crippen molar-refractivity contribution in [1.29, 1.82) is 0 Å². The average Bonchev–Trinajstić information content (AvgIpc) is 3.07. The van der Waals surface area contributed by atoms with Crippen molar-refractivity contribution in [2.75, 3.05) is 5.01 Å². The smallest absolute Gasteiger partial charge is 0.311 e. The molecule has 0 spiro atoms. The molecule has 1 heterocycles. The number of benzene rings is 3. The normalized spacial score (nSPS) is 14.6. The number of carbonyl (C=O) groups excluding carboxylic acids is 2. The molecule has 8 nitrogen and oxygen atoms in total. The fourth-order valence-corrected chi connectivity index (χ4v) is 3.11. The van der Waals surface area contributed by atoms with E-state index in [1.54, 1.807) is 36.4 Å². The Morgan fingerprint density at radius 3 is 2.32 bits per heavy atom. The van der Waals surface area contributed by atoms with Crippen molar-refractivity contribution >= 4 is 29.3 Å². The van der Waals surface area contributed by atoms with Gasteiger partial charge in [-0.2, -0.15) is 0 Å². The highest BCUT2D eigenvalue weighted by atomic mass is 16.6. The Kier molecular flexibility index (Phi) is 5.44. The molecule has 1 N–H and O–H groups in total. The third-order valence-electron chi connectivity index (χ3n) is 4.63. The van der Waals surface area contributed by atoms with E-state index in [4.69, 9.17) is 4.74 Å². The number of hydrogen-bond donors (Lipinski definition) is 1. The van der Waals surface area contributed by atoms with E-state index in [0.717, 1.165) is 10.6 Å². The maximum Gasteiger partial charge on any atom is 0.311 e. The van der Waals surface area contributed by atoms with Crippen LogP contribution in [0.15, 0.2) is 84.4 Å². The molecule has 31 heavy (non-hydrogen) atoms. The highest BCUT2D eigenvalue weighted by molar-refractivity contribution is 6.31. The minimum absolute atomic E-state index is 0.101. The molecule has 4 rings (SSSR count). The molecule has 3 aromatic rings. The monoisotopic (exact) mass is 415 g/mol. The van der Waals surface area contributed by atoms with Gasteiger partial charge in [-0.25, -0.2) is 5.01 Å². The molecule has 154 valence electrons. The van der Waals surface area contributed by atoms with Gasteiger partial charge in [0.15, 0.2) is 5.75 Å². The highest BCUT2D eigenvalue weighted by Gasteiger charge is 2.34. The summed E-state index contributed by atoms with van der Waals surface area (Å²) in [5.74, 6) is -1.02. The Hall–Kier alpha value is -4.46. The SMILES string of the molecule is O=C1NN(c2ccccc2)C(=O)C1=Cc1ccc(OCc2ccccc2)c([N+](=O)[O-])c1. The number of rotatable bonds is 6. The van der Waals surface area contributed by atoms with Crippen LogP contribution in [0.2, 0.25) is 0 Å². The van der Waals surface area contributed by atoms with E-state index >= 15 is 0 Å². The van der Waals surface area contributed by atoms with E-state index in [1.165, 1.54) is 18.2 Å². The average molecular weight is 415 g/mol. The number of ether oxygens (including phenoxy) is 1. The van der Waals surface area contributed by atoms with Gasteiger partial charge in [-0.1, -0.05) is 54.6 Å². The second-order valence-electron chi connectivity index (χ2n) is 6.73. The van der Waals surface area contributed by atoms with Crippen molar-refractivity contribution in [3.8, 4) is 5.75 Å². The molecule has 0 aliphatic carbocycles. The van der Waals surface area contributed by atoms with Crippen molar-refractivity contribution in [3.05, 3.63) is 106 Å². The first-order chi connectivity index (χ1) is 15.0. The van der Waals surface area contributed by atoms with E-state index in [0.29, 0.717) is 11.3 Å². The minimum Gasteiger partial charge on any atom is -0.482 e. The molecule has 1 aliphatic rings. The second-order valence-corrected chi connectivity index (χ2v) is 6.73. The van der Waals surface area contributed by atoms with Gasteiger partial charge in [0.25, 0.3) is 11.8 Å². The van der Waals surface area contributed by atoms with Crippen LogP contribution in [0.5, 0.6) is 5.75 Å². The summed E-state index contributed by atoms with van der Waals surface area (Å²) < 4.78 is 5.61. The lowest BCUT2D eigenvalue weighted by Gasteiger charge is -2.13. The van der Waals surface area contributed by atoms with Crippen LogP contribution in [0.3, 0.4) is 0 Å². The van der Waals surface area contributed by atoms with Gasteiger partial charge in [0.1, 0.15) is 12.2 Å². The van der Waals surface area contributed by atoms with Crippen LogP contribution in [-0.4, -0.2) is 16.7 Å². The van der Waals surface area contributed by atoms with Crippen molar-refractivity contribution in [2.45, 2.75) is 6.61 Å². The number of anilines is 1. The molecular formula is C23H17N3O5. The van der Waals surface area contributed by atoms with E-state index in [2.05, 4.69) is 5.43 Å². The summed E-state index contributed by atoms with van der Waals surface area (Å²) in [6.07, 6.45) is 1.33. The topological polar surface area (TPSA) is 102 Å². The van der Waals surface area contributed by atoms with Crippen LogP contribution >= 0.6 is 0 Å². The summed E-state index contributed by atoms with van der Waals surface area (Å²) >= 11 is 0. The van der Waals surface area contributed by atoms with Gasteiger partial charge < -0.3 is 4.74 Å². The fraction of sp³-hybridized carbons (Fsp3) is 0.0435. The van der Waals surface area contributed by atoms with E-state index in [9.17, 15) is 19.7 Å². The third-order valence-corrected chi connectivity index (χ3v) is 4.63. The molecule has 0 radical (unpaired) electrons. The molecule has 1 fully saturated rings. The van der Waals surface area contributed by atoms with Crippen LogP contribution < -0.4 is 15.2 Å². The van der Waals surface area contributed by atoms with Crippen LogP contribution in [0.1, 0.15) is 11.1 Å². The molecule has 8 heteroatoms. The first-order valence-electron chi connectivity index (χ1n) is 9.40. The standard InChI is InChI=1S/C23H17N3O5/c27-22-19(23(28)25(24-22)18-9-5-2-6-10-18)13-17-11-12-21(20(14-17)26(29)30)31-15-16-7-3-1-4-8-16/h1-14H,15H2,(H,24,27). The van der Waals surface area contributed by atoms with Gasteiger partial charge in [0.2, 0.25) is 0 Å². The summed E-state index contributed by atoms with van der Waals surface area (Å²) in [6.45, 7) is 0.176. The molecule has 0 bridgehead atoms. The van der Waals surface area contributed by atoms with Gasteiger partial charge in [0, 0.05) is 6.07 Å². The first-order valence-corrected chi connectivity index (χ1v) is 9.40. The van der Waals surface area contributed by atoms with Gasteiger partial charge in [-0.15, -0.1) is 0 Å². The summed E-state index contributed by atoms with van der Waals surface area (Å²) in [4.78, 5) is 36.0. The maximum atomic E-state index is 12.7. The van der Waals surface area contributed by atoms with E-state index in [-0.39, 0.29) is 23.6 Å². The lowest BCUT2D eigenvalue weighted by Crippen LogP contribution is -2.35. The lowest BCUT2D eigenvalue weighted by molar-refractivity contribution is -0.386. The number of nitro benzene ring substituents is 1. The van der Waals surface area contributed by atoms with Crippen molar-refractivity contribution in [1.82, 2.24) is 5.43 Å². The van der Waals surface area contributed by atoms with Gasteiger partial charge in [0.05, 0.1) is 10.6 Å². The number of nitro groups is 1. The molecule has 1 aliphatic heterocycles. The molecule has 0 saturated carbocycles. The molecule has 0 unspecified atom stereocenters.